The number of aromatic hydroxyl groups is 1. The van der Waals surface area contributed by atoms with Crippen molar-refractivity contribution >= 4 is 12.0 Å². The first-order chi connectivity index (χ1) is 6.00. The highest BCUT2D eigenvalue weighted by Gasteiger charge is 2.25. The molecule has 1 rings (SSSR count). The highest BCUT2D eigenvalue weighted by atomic mass is 32.2. The molecule has 0 aromatic heterocycles. The topological polar surface area (TPSA) is 40.5 Å². The molecule has 72 valence electrons. The number of benzene rings is 1. The van der Waals surface area contributed by atoms with Gasteiger partial charge in [-0.3, -0.25) is 0 Å². The standard InChI is InChI=1S/C6H2F4O2S/c7-1-3(9)6(13-12)4(10)2(8)5(1)11/h11-12H. The Hall–Kier alpha value is -0.950. The Kier molecular flexibility index (Phi) is 2.67. The Morgan fingerprint density at radius 3 is 1.54 bits per heavy atom. The van der Waals surface area contributed by atoms with Crippen LogP contribution in [0.25, 0.3) is 0 Å². The van der Waals surface area contributed by atoms with Crippen LogP contribution < -0.4 is 0 Å². The van der Waals surface area contributed by atoms with Crippen molar-refractivity contribution in [1.29, 1.82) is 0 Å². The molecule has 7 heteroatoms. The quantitative estimate of drug-likeness (QED) is 0.428. The minimum atomic E-state index is -1.93. The highest BCUT2D eigenvalue weighted by molar-refractivity contribution is 7.93. The van der Waals surface area contributed by atoms with Gasteiger partial charge in [-0.05, 0) is 0 Å². The predicted octanol–water partition coefficient (Wildman–Crippen LogP) is 2.51. The second-order valence-electron chi connectivity index (χ2n) is 2.02. The number of phenolic OH excluding ortho intramolecular Hbond substituents is 1. The van der Waals surface area contributed by atoms with E-state index in [1.165, 1.54) is 0 Å². The van der Waals surface area contributed by atoms with Gasteiger partial charge in [-0.2, -0.15) is 8.78 Å². The average molecular weight is 214 g/mol. The fourth-order valence-electron chi connectivity index (χ4n) is 0.680. The molecule has 0 spiro atoms. The lowest BCUT2D eigenvalue weighted by Gasteiger charge is -2.04. The fourth-order valence-corrected chi connectivity index (χ4v) is 1.02. The van der Waals surface area contributed by atoms with Crippen LogP contribution in [0.15, 0.2) is 4.90 Å². The van der Waals surface area contributed by atoms with Crippen molar-refractivity contribution in [2.24, 2.45) is 0 Å². The zero-order chi connectivity index (χ0) is 10.2. The molecule has 0 heterocycles. The molecule has 0 unspecified atom stereocenters. The van der Waals surface area contributed by atoms with Gasteiger partial charge in [-0.1, -0.05) is 0 Å². The summed E-state index contributed by atoms with van der Waals surface area (Å²) in [5, 5.41) is 8.47. The first-order valence-corrected chi connectivity index (χ1v) is 3.64. The van der Waals surface area contributed by atoms with Gasteiger partial charge < -0.3 is 9.66 Å². The molecule has 0 saturated carbocycles. The Morgan fingerprint density at radius 1 is 0.846 bits per heavy atom. The minimum absolute atomic E-state index is 0.482. The second-order valence-corrected chi connectivity index (χ2v) is 2.62. The highest BCUT2D eigenvalue weighted by Crippen LogP contribution is 2.33. The maximum atomic E-state index is 12.6. The zero-order valence-corrected chi connectivity index (χ0v) is 6.63. The number of hydrogen-bond acceptors (Lipinski definition) is 3. The van der Waals surface area contributed by atoms with Gasteiger partial charge in [0.1, 0.15) is 4.90 Å². The molecule has 1 aromatic rings. The first kappa shape index (κ1) is 10.1. The SMILES string of the molecule is OSc1c(F)c(F)c(O)c(F)c1F. The largest absolute Gasteiger partial charge is 0.503 e. The van der Waals surface area contributed by atoms with E-state index in [9.17, 15) is 17.6 Å². The molecular formula is C6H2F4O2S. The van der Waals surface area contributed by atoms with Gasteiger partial charge in [0.25, 0.3) is 0 Å². The monoisotopic (exact) mass is 214 g/mol. The van der Waals surface area contributed by atoms with Crippen molar-refractivity contribution in [3.63, 3.8) is 0 Å². The van der Waals surface area contributed by atoms with Gasteiger partial charge >= 0.3 is 0 Å². The third kappa shape index (κ3) is 1.44. The molecule has 1 aromatic carbocycles. The number of phenols is 1. The molecule has 0 atom stereocenters. The lowest BCUT2D eigenvalue weighted by Crippen LogP contribution is -1.98. The van der Waals surface area contributed by atoms with Crippen molar-refractivity contribution in [2.45, 2.75) is 4.90 Å². The molecule has 13 heavy (non-hydrogen) atoms. The lowest BCUT2D eigenvalue weighted by atomic mass is 10.3. The van der Waals surface area contributed by atoms with Crippen molar-refractivity contribution in [2.75, 3.05) is 0 Å². The molecule has 0 fully saturated rings. The van der Waals surface area contributed by atoms with Gasteiger partial charge in [0.2, 0.25) is 11.6 Å². The molecule has 2 nitrogen and oxygen atoms in total. The Bertz CT molecular complexity index is 326. The van der Waals surface area contributed by atoms with Crippen LogP contribution >= 0.6 is 12.0 Å². The van der Waals surface area contributed by atoms with Crippen LogP contribution in [0, 0.1) is 23.3 Å². The van der Waals surface area contributed by atoms with Gasteiger partial charge in [0, 0.05) is 12.0 Å². The van der Waals surface area contributed by atoms with Crippen LogP contribution in [0.1, 0.15) is 0 Å². The van der Waals surface area contributed by atoms with Crippen LogP contribution in [-0.2, 0) is 0 Å². The van der Waals surface area contributed by atoms with Crippen molar-refractivity contribution < 1.29 is 27.2 Å². The fraction of sp³-hybridized carbons (Fsp3) is 0. The number of hydrogen-bond donors (Lipinski definition) is 2. The van der Waals surface area contributed by atoms with E-state index in [1.807, 2.05) is 0 Å². The summed E-state index contributed by atoms with van der Waals surface area (Å²) in [5.41, 5.74) is 0. The smallest absolute Gasteiger partial charge is 0.204 e. The second kappa shape index (κ2) is 3.43. The maximum Gasteiger partial charge on any atom is 0.204 e. The lowest BCUT2D eigenvalue weighted by molar-refractivity contribution is 0.343. The summed E-state index contributed by atoms with van der Waals surface area (Å²) in [6.07, 6.45) is 0. The third-order valence-electron chi connectivity index (χ3n) is 1.29. The summed E-state index contributed by atoms with van der Waals surface area (Å²) >= 11 is -0.482. The molecule has 0 aliphatic rings. The molecule has 0 saturated heterocycles. The maximum absolute atomic E-state index is 12.6. The van der Waals surface area contributed by atoms with Gasteiger partial charge in [-0.25, -0.2) is 8.78 Å². The summed E-state index contributed by atoms with van der Waals surface area (Å²) in [6.45, 7) is 0. The summed E-state index contributed by atoms with van der Waals surface area (Å²) in [6, 6.07) is 0. The van der Waals surface area contributed by atoms with Crippen LogP contribution in [0.5, 0.6) is 5.75 Å². The van der Waals surface area contributed by atoms with Gasteiger partial charge in [-0.15, -0.1) is 0 Å². The van der Waals surface area contributed by atoms with Crippen molar-refractivity contribution in [3.8, 4) is 5.75 Å². The Labute approximate surface area is 74.0 Å². The van der Waals surface area contributed by atoms with Crippen LogP contribution in [-0.4, -0.2) is 9.66 Å². The molecule has 2 N–H and O–H groups in total. The van der Waals surface area contributed by atoms with E-state index in [0.717, 1.165) is 0 Å². The average Bonchev–Trinajstić information content (AvgIpc) is 2.13. The molecule has 0 radical (unpaired) electrons. The van der Waals surface area contributed by atoms with Crippen molar-refractivity contribution in [1.82, 2.24) is 0 Å². The number of rotatable bonds is 1. The van der Waals surface area contributed by atoms with Crippen LogP contribution in [0.2, 0.25) is 0 Å². The van der Waals surface area contributed by atoms with Crippen LogP contribution in [0.3, 0.4) is 0 Å². The normalized spacial score (nSPS) is 10.5. The Balaban J connectivity index is 3.56. The van der Waals surface area contributed by atoms with E-state index in [0.29, 0.717) is 0 Å². The zero-order valence-electron chi connectivity index (χ0n) is 5.81. The minimum Gasteiger partial charge on any atom is -0.503 e. The van der Waals surface area contributed by atoms with E-state index in [1.54, 1.807) is 0 Å². The third-order valence-corrected chi connectivity index (χ3v) is 1.83. The predicted molar refractivity (Wildman–Crippen MR) is 36.4 cm³/mol. The molecule has 0 aliphatic heterocycles. The van der Waals surface area contributed by atoms with Crippen molar-refractivity contribution in [3.05, 3.63) is 23.3 Å². The summed E-state index contributed by atoms with van der Waals surface area (Å²) in [7, 11) is 0. The van der Waals surface area contributed by atoms with E-state index in [4.69, 9.17) is 9.66 Å². The number of halogens is 4. The summed E-state index contributed by atoms with van der Waals surface area (Å²) in [4.78, 5) is -1.23. The van der Waals surface area contributed by atoms with E-state index in [-0.39, 0.29) is 0 Å². The van der Waals surface area contributed by atoms with E-state index >= 15 is 0 Å². The van der Waals surface area contributed by atoms with E-state index < -0.39 is 46.0 Å². The Morgan fingerprint density at radius 2 is 1.23 bits per heavy atom. The van der Waals surface area contributed by atoms with Crippen LogP contribution in [0.4, 0.5) is 17.6 Å². The van der Waals surface area contributed by atoms with Gasteiger partial charge in [0.05, 0.1) is 0 Å². The van der Waals surface area contributed by atoms with E-state index in [2.05, 4.69) is 0 Å². The molecule has 0 bridgehead atoms. The summed E-state index contributed by atoms with van der Waals surface area (Å²) < 4.78 is 58.3. The first-order valence-electron chi connectivity index (χ1n) is 2.87. The van der Waals surface area contributed by atoms with Gasteiger partial charge in [0.15, 0.2) is 17.4 Å². The molecular weight excluding hydrogens is 212 g/mol. The summed E-state index contributed by atoms with van der Waals surface area (Å²) in [5.74, 6) is -9.27. The molecule has 0 aliphatic carbocycles. The molecule has 0 amide bonds.